The molecule has 7 nitrogen and oxygen atoms in total. The zero-order chi connectivity index (χ0) is 17.6. The second-order valence-electron chi connectivity index (χ2n) is 5.26. The van der Waals surface area contributed by atoms with Crippen LogP contribution < -0.4 is 10.1 Å². The van der Waals surface area contributed by atoms with E-state index in [1.165, 1.54) is 0 Å². The van der Waals surface area contributed by atoms with Crippen LogP contribution in [0.4, 0.5) is 4.79 Å². The molecule has 2 aromatic rings. The van der Waals surface area contributed by atoms with E-state index in [1.54, 1.807) is 36.4 Å². The molecule has 0 aliphatic carbocycles. The zero-order valence-electron chi connectivity index (χ0n) is 13.3. The average Bonchev–Trinajstić information content (AvgIpc) is 3.07. The van der Waals surface area contributed by atoms with Crippen molar-refractivity contribution in [3.8, 4) is 11.5 Å². The Kier molecular flexibility index (Phi) is 4.94. The summed E-state index contributed by atoms with van der Waals surface area (Å²) in [6.45, 7) is 0.154. The summed E-state index contributed by atoms with van der Waals surface area (Å²) in [4.78, 5) is 36.6. The number of hydrogen-bond donors (Lipinski definition) is 1. The Balaban J connectivity index is 1.66. The second kappa shape index (κ2) is 7.48. The van der Waals surface area contributed by atoms with Crippen molar-refractivity contribution in [2.24, 2.45) is 0 Å². The third-order valence-corrected chi connectivity index (χ3v) is 3.56. The van der Waals surface area contributed by atoms with Crippen molar-refractivity contribution in [3.63, 3.8) is 0 Å². The quantitative estimate of drug-likeness (QED) is 0.844. The standard InChI is InChI=1S/C18H16N2O5/c21-16(20-11-10-19-18(20)23)12-24-17(22)14-8-4-5-9-15(14)25-13-6-2-1-3-7-13/h1-9H,10-12H2,(H,19,23). The van der Waals surface area contributed by atoms with Crippen LogP contribution in [0.1, 0.15) is 10.4 Å². The van der Waals surface area contributed by atoms with E-state index in [-0.39, 0.29) is 12.1 Å². The molecule has 0 aromatic heterocycles. The number of urea groups is 1. The first-order valence-electron chi connectivity index (χ1n) is 7.72. The predicted molar refractivity (Wildman–Crippen MR) is 88.4 cm³/mol. The average molecular weight is 340 g/mol. The van der Waals surface area contributed by atoms with Gasteiger partial charge in [0, 0.05) is 13.1 Å². The van der Waals surface area contributed by atoms with E-state index < -0.39 is 24.5 Å². The maximum atomic E-state index is 12.3. The van der Waals surface area contributed by atoms with Crippen molar-refractivity contribution >= 4 is 17.9 Å². The molecule has 25 heavy (non-hydrogen) atoms. The molecule has 0 atom stereocenters. The molecule has 0 saturated carbocycles. The maximum absolute atomic E-state index is 12.3. The lowest BCUT2D eigenvalue weighted by molar-refractivity contribution is -0.130. The van der Waals surface area contributed by atoms with Crippen molar-refractivity contribution in [1.82, 2.24) is 10.2 Å². The molecule has 7 heteroatoms. The van der Waals surface area contributed by atoms with Crippen LogP contribution in [0.2, 0.25) is 0 Å². The summed E-state index contributed by atoms with van der Waals surface area (Å²) >= 11 is 0. The Hall–Kier alpha value is -3.35. The summed E-state index contributed by atoms with van der Waals surface area (Å²) < 4.78 is 10.7. The normalized spacial score (nSPS) is 13.3. The number of imide groups is 1. The molecule has 3 rings (SSSR count). The number of nitrogens with zero attached hydrogens (tertiary/aromatic N) is 1. The molecule has 1 saturated heterocycles. The first-order valence-corrected chi connectivity index (χ1v) is 7.72. The van der Waals surface area contributed by atoms with Crippen molar-refractivity contribution in [2.45, 2.75) is 0 Å². The highest BCUT2D eigenvalue weighted by atomic mass is 16.5. The van der Waals surface area contributed by atoms with E-state index in [9.17, 15) is 14.4 Å². The Morgan fingerprint density at radius 3 is 2.48 bits per heavy atom. The Bertz CT molecular complexity index is 791. The van der Waals surface area contributed by atoms with Gasteiger partial charge in [0.05, 0.1) is 0 Å². The smallest absolute Gasteiger partial charge is 0.342 e. The zero-order valence-corrected chi connectivity index (χ0v) is 13.3. The summed E-state index contributed by atoms with van der Waals surface area (Å²) in [5.41, 5.74) is 0.199. The monoisotopic (exact) mass is 340 g/mol. The van der Waals surface area contributed by atoms with Crippen LogP contribution in [0.15, 0.2) is 54.6 Å². The lowest BCUT2D eigenvalue weighted by atomic mass is 10.2. The van der Waals surface area contributed by atoms with Gasteiger partial charge in [0.15, 0.2) is 6.61 Å². The third-order valence-electron chi connectivity index (χ3n) is 3.56. The summed E-state index contributed by atoms with van der Waals surface area (Å²) in [5, 5.41) is 2.51. The topological polar surface area (TPSA) is 84.9 Å². The molecule has 1 aliphatic rings. The van der Waals surface area contributed by atoms with E-state index in [2.05, 4.69) is 5.32 Å². The number of amides is 3. The summed E-state index contributed by atoms with van der Waals surface area (Å²) in [6.07, 6.45) is 0. The molecular formula is C18H16N2O5. The van der Waals surface area contributed by atoms with Crippen LogP contribution in [0.5, 0.6) is 11.5 Å². The van der Waals surface area contributed by atoms with Gasteiger partial charge >= 0.3 is 12.0 Å². The molecule has 1 aliphatic heterocycles. The molecule has 2 aromatic carbocycles. The molecule has 0 bridgehead atoms. The number of carbonyl (C=O) groups is 3. The van der Waals surface area contributed by atoms with Crippen molar-refractivity contribution < 1.29 is 23.9 Å². The highest BCUT2D eigenvalue weighted by Gasteiger charge is 2.27. The van der Waals surface area contributed by atoms with Gasteiger partial charge in [-0.05, 0) is 24.3 Å². The van der Waals surface area contributed by atoms with Crippen molar-refractivity contribution in [1.29, 1.82) is 0 Å². The summed E-state index contributed by atoms with van der Waals surface area (Å²) in [7, 11) is 0. The minimum absolute atomic E-state index is 0.199. The SMILES string of the molecule is O=C(OCC(=O)N1CCNC1=O)c1ccccc1Oc1ccccc1. The maximum Gasteiger partial charge on any atom is 0.342 e. The molecule has 1 heterocycles. The molecule has 1 fully saturated rings. The van der Waals surface area contributed by atoms with E-state index in [0.717, 1.165) is 4.90 Å². The van der Waals surface area contributed by atoms with E-state index in [1.807, 2.05) is 18.2 Å². The fourth-order valence-electron chi connectivity index (χ4n) is 2.33. The number of nitrogens with one attached hydrogen (secondary N) is 1. The van der Waals surface area contributed by atoms with Gasteiger partial charge in [-0.1, -0.05) is 30.3 Å². The van der Waals surface area contributed by atoms with Gasteiger partial charge in [-0.2, -0.15) is 0 Å². The van der Waals surface area contributed by atoms with Crippen LogP contribution in [0.3, 0.4) is 0 Å². The largest absolute Gasteiger partial charge is 0.456 e. The number of rotatable bonds is 5. The van der Waals surface area contributed by atoms with Gasteiger partial charge in [0.1, 0.15) is 17.1 Å². The molecule has 1 N–H and O–H groups in total. The Morgan fingerprint density at radius 2 is 1.76 bits per heavy atom. The highest BCUT2D eigenvalue weighted by Crippen LogP contribution is 2.25. The van der Waals surface area contributed by atoms with E-state index in [4.69, 9.17) is 9.47 Å². The number of para-hydroxylation sites is 2. The number of benzene rings is 2. The fraction of sp³-hybridized carbons (Fsp3) is 0.167. The predicted octanol–water partition coefficient (Wildman–Crippen LogP) is 2.19. The number of hydrogen-bond acceptors (Lipinski definition) is 5. The molecule has 0 unspecified atom stereocenters. The molecule has 0 spiro atoms. The van der Waals surface area contributed by atoms with Gasteiger partial charge in [0.2, 0.25) is 0 Å². The van der Waals surface area contributed by atoms with Crippen LogP contribution in [-0.2, 0) is 9.53 Å². The fourth-order valence-corrected chi connectivity index (χ4v) is 2.33. The molecule has 3 amide bonds. The van der Waals surface area contributed by atoms with E-state index >= 15 is 0 Å². The van der Waals surface area contributed by atoms with Gasteiger partial charge < -0.3 is 14.8 Å². The number of ether oxygens (including phenoxy) is 2. The first kappa shape index (κ1) is 16.5. The second-order valence-corrected chi connectivity index (χ2v) is 5.26. The van der Waals surface area contributed by atoms with Gasteiger partial charge in [-0.3, -0.25) is 9.69 Å². The van der Waals surface area contributed by atoms with Crippen LogP contribution in [0.25, 0.3) is 0 Å². The minimum atomic E-state index is -0.695. The van der Waals surface area contributed by atoms with Crippen LogP contribution in [0, 0.1) is 0 Å². The van der Waals surface area contributed by atoms with Crippen molar-refractivity contribution in [2.75, 3.05) is 19.7 Å². The third kappa shape index (κ3) is 3.95. The Morgan fingerprint density at radius 1 is 1.04 bits per heavy atom. The minimum Gasteiger partial charge on any atom is -0.456 e. The molecule has 0 radical (unpaired) electrons. The summed E-state index contributed by atoms with van der Waals surface area (Å²) in [5.74, 6) is -0.359. The first-order chi connectivity index (χ1) is 12.1. The number of esters is 1. The van der Waals surface area contributed by atoms with Crippen LogP contribution >= 0.6 is 0 Å². The highest BCUT2D eigenvalue weighted by molar-refractivity contribution is 5.98. The lowest BCUT2D eigenvalue weighted by Crippen LogP contribution is -2.37. The van der Waals surface area contributed by atoms with E-state index in [0.29, 0.717) is 18.0 Å². The van der Waals surface area contributed by atoms with Crippen molar-refractivity contribution in [3.05, 3.63) is 60.2 Å². The van der Waals surface area contributed by atoms with Gasteiger partial charge in [-0.25, -0.2) is 9.59 Å². The lowest BCUT2D eigenvalue weighted by Gasteiger charge is -2.13. The summed E-state index contributed by atoms with van der Waals surface area (Å²) in [6, 6.07) is 15.1. The van der Waals surface area contributed by atoms with Gasteiger partial charge in [-0.15, -0.1) is 0 Å². The molecule has 128 valence electrons. The Labute approximate surface area is 144 Å². The van der Waals surface area contributed by atoms with Gasteiger partial charge in [0.25, 0.3) is 5.91 Å². The number of carbonyl (C=O) groups excluding carboxylic acids is 3. The molecular weight excluding hydrogens is 324 g/mol. The van der Waals surface area contributed by atoms with Crippen LogP contribution in [-0.4, -0.2) is 42.5 Å².